The van der Waals surface area contributed by atoms with E-state index in [1.54, 1.807) is 6.33 Å². The van der Waals surface area contributed by atoms with Gasteiger partial charge in [-0.3, -0.25) is 0 Å². The molecule has 0 aliphatic rings. The lowest BCUT2D eigenvalue weighted by atomic mass is 10.1. The molecule has 4 heteroatoms. The van der Waals surface area contributed by atoms with E-state index >= 15 is 0 Å². The van der Waals surface area contributed by atoms with E-state index in [0.717, 1.165) is 16.6 Å². The third kappa shape index (κ3) is 2.93. The molecule has 0 aliphatic carbocycles. The molecule has 1 aromatic heterocycles. The SMILES string of the molecule is OCC#Cc1cc(F)cc(Cn2cnc3ccccc32)c1. The highest BCUT2D eigenvalue weighted by Gasteiger charge is 2.04. The Balaban J connectivity index is 1.96. The van der Waals surface area contributed by atoms with E-state index < -0.39 is 0 Å². The average molecular weight is 280 g/mol. The standard InChI is InChI=1S/C17H13FN2O/c18-15-9-13(4-3-7-21)8-14(10-15)11-20-12-19-16-5-1-2-6-17(16)20/h1-2,5-6,8-10,12,21H,7,11H2. The summed E-state index contributed by atoms with van der Waals surface area (Å²) in [6.45, 7) is 0.282. The van der Waals surface area contributed by atoms with Crippen LogP contribution in [0.2, 0.25) is 0 Å². The minimum atomic E-state index is -0.334. The first-order valence-electron chi connectivity index (χ1n) is 6.55. The van der Waals surface area contributed by atoms with Gasteiger partial charge in [-0.2, -0.15) is 0 Å². The van der Waals surface area contributed by atoms with E-state index in [0.29, 0.717) is 12.1 Å². The van der Waals surface area contributed by atoms with Crippen LogP contribution >= 0.6 is 0 Å². The second-order valence-corrected chi connectivity index (χ2v) is 4.67. The zero-order valence-electron chi connectivity index (χ0n) is 11.3. The molecular formula is C17H13FN2O. The largest absolute Gasteiger partial charge is 0.384 e. The van der Waals surface area contributed by atoms with Gasteiger partial charge in [-0.25, -0.2) is 9.37 Å². The Kier molecular flexibility index (Phi) is 3.67. The van der Waals surface area contributed by atoms with Crippen LogP contribution in [0.3, 0.4) is 0 Å². The molecule has 3 rings (SSSR count). The van der Waals surface area contributed by atoms with E-state index in [2.05, 4.69) is 16.8 Å². The molecule has 0 aliphatic heterocycles. The van der Waals surface area contributed by atoms with Gasteiger partial charge in [-0.1, -0.05) is 24.0 Å². The fourth-order valence-electron chi connectivity index (χ4n) is 2.29. The Morgan fingerprint density at radius 1 is 1.19 bits per heavy atom. The highest BCUT2D eigenvalue weighted by Crippen LogP contribution is 2.15. The Morgan fingerprint density at radius 2 is 2.05 bits per heavy atom. The van der Waals surface area contributed by atoms with Gasteiger partial charge in [0.25, 0.3) is 0 Å². The van der Waals surface area contributed by atoms with Crippen LogP contribution in [0.4, 0.5) is 4.39 Å². The number of hydrogen-bond acceptors (Lipinski definition) is 2. The molecule has 1 N–H and O–H groups in total. The van der Waals surface area contributed by atoms with Crippen molar-refractivity contribution in [2.45, 2.75) is 6.54 Å². The van der Waals surface area contributed by atoms with Crippen molar-refractivity contribution in [1.82, 2.24) is 9.55 Å². The van der Waals surface area contributed by atoms with Crippen molar-refractivity contribution in [3.63, 3.8) is 0 Å². The van der Waals surface area contributed by atoms with Crippen LogP contribution in [0, 0.1) is 17.7 Å². The molecule has 1 heterocycles. The summed E-state index contributed by atoms with van der Waals surface area (Å²) >= 11 is 0. The van der Waals surface area contributed by atoms with Crippen molar-refractivity contribution in [3.8, 4) is 11.8 Å². The number of rotatable bonds is 2. The first kappa shape index (κ1) is 13.3. The molecule has 0 fully saturated rings. The minimum Gasteiger partial charge on any atom is -0.384 e. The highest BCUT2D eigenvalue weighted by molar-refractivity contribution is 5.75. The number of hydrogen-bond donors (Lipinski definition) is 1. The van der Waals surface area contributed by atoms with Crippen LogP contribution in [0.5, 0.6) is 0 Å². The van der Waals surface area contributed by atoms with E-state index in [-0.39, 0.29) is 12.4 Å². The van der Waals surface area contributed by atoms with Crippen LogP contribution in [0.1, 0.15) is 11.1 Å². The van der Waals surface area contributed by atoms with Crippen LogP contribution in [-0.2, 0) is 6.54 Å². The summed E-state index contributed by atoms with van der Waals surface area (Å²) in [5, 5.41) is 8.71. The number of halogens is 1. The predicted octanol–water partition coefficient (Wildman–Crippen LogP) is 2.57. The van der Waals surface area contributed by atoms with Gasteiger partial charge in [0.05, 0.1) is 17.4 Å². The molecule has 0 bridgehead atoms. The lowest BCUT2D eigenvalue weighted by molar-refractivity contribution is 0.350. The molecule has 0 amide bonds. The summed E-state index contributed by atoms with van der Waals surface area (Å²) in [5.41, 5.74) is 3.28. The van der Waals surface area contributed by atoms with Gasteiger partial charge in [-0.05, 0) is 35.9 Å². The highest BCUT2D eigenvalue weighted by atomic mass is 19.1. The molecular weight excluding hydrogens is 267 g/mol. The summed E-state index contributed by atoms with van der Waals surface area (Å²) in [6, 6.07) is 12.5. The molecule has 0 saturated carbocycles. The van der Waals surface area contributed by atoms with Gasteiger partial charge in [0.1, 0.15) is 12.4 Å². The fourth-order valence-corrected chi connectivity index (χ4v) is 2.29. The van der Waals surface area contributed by atoms with E-state index in [9.17, 15) is 4.39 Å². The summed E-state index contributed by atoms with van der Waals surface area (Å²) in [5.74, 6) is 4.92. The van der Waals surface area contributed by atoms with Gasteiger partial charge in [0.15, 0.2) is 0 Å². The van der Waals surface area contributed by atoms with E-state index in [1.807, 2.05) is 34.9 Å². The number of aliphatic hydroxyl groups is 1. The van der Waals surface area contributed by atoms with E-state index in [1.165, 1.54) is 12.1 Å². The van der Waals surface area contributed by atoms with Crippen molar-refractivity contribution in [3.05, 3.63) is 65.7 Å². The molecule has 0 spiro atoms. The van der Waals surface area contributed by atoms with Gasteiger partial charge in [-0.15, -0.1) is 0 Å². The number of para-hydroxylation sites is 2. The smallest absolute Gasteiger partial charge is 0.124 e. The summed E-state index contributed by atoms with van der Waals surface area (Å²) in [6.07, 6.45) is 1.74. The maximum absolute atomic E-state index is 13.6. The van der Waals surface area contributed by atoms with E-state index in [4.69, 9.17) is 5.11 Å². The molecule has 21 heavy (non-hydrogen) atoms. The lowest BCUT2D eigenvalue weighted by Crippen LogP contribution is -1.99. The number of nitrogens with zero attached hydrogens (tertiary/aromatic N) is 2. The first-order chi connectivity index (χ1) is 10.3. The topological polar surface area (TPSA) is 38.0 Å². The van der Waals surface area contributed by atoms with Crippen LogP contribution < -0.4 is 0 Å². The molecule has 0 atom stereocenters. The normalized spacial score (nSPS) is 10.4. The molecule has 2 aromatic carbocycles. The lowest BCUT2D eigenvalue weighted by Gasteiger charge is -2.06. The zero-order valence-corrected chi connectivity index (χ0v) is 11.3. The maximum atomic E-state index is 13.6. The first-order valence-corrected chi connectivity index (χ1v) is 6.55. The van der Waals surface area contributed by atoms with Gasteiger partial charge < -0.3 is 9.67 Å². The number of aliphatic hydroxyl groups excluding tert-OH is 1. The van der Waals surface area contributed by atoms with Crippen LogP contribution in [0.15, 0.2) is 48.8 Å². The van der Waals surface area contributed by atoms with Crippen molar-refractivity contribution in [2.75, 3.05) is 6.61 Å². The van der Waals surface area contributed by atoms with Crippen molar-refractivity contribution in [2.24, 2.45) is 0 Å². The second kappa shape index (κ2) is 5.78. The number of fused-ring (bicyclic) bond motifs is 1. The molecule has 104 valence electrons. The van der Waals surface area contributed by atoms with Crippen molar-refractivity contribution in [1.29, 1.82) is 0 Å². The van der Waals surface area contributed by atoms with Crippen LogP contribution in [-0.4, -0.2) is 21.3 Å². The zero-order chi connectivity index (χ0) is 14.7. The Labute approximate surface area is 121 Å². The second-order valence-electron chi connectivity index (χ2n) is 4.67. The molecule has 3 aromatic rings. The minimum absolute atomic E-state index is 0.238. The van der Waals surface area contributed by atoms with Crippen molar-refractivity contribution >= 4 is 11.0 Å². The van der Waals surface area contributed by atoms with Gasteiger partial charge >= 0.3 is 0 Å². The van der Waals surface area contributed by atoms with Gasteiger partial charge in [0.2, 0.25) is 0 Å². The van der Waals surface area contributed by atoms with Crippen molar-refractivity contribution < 1.29 is 9.50 Å². The predicted molar refractivity (Wildman–Crippen MR) is 79.2 cm³/mol. The summed E-state index contributed by atoms with van der Waals surface area (Å²) < 4.78 is 15.6. The number of aromatic nitrogens is 2. The third-order valence-corrected chi connectivity index (χ3v) is 3.15. The number of benzene rings is 2. The quantitative estimate of drug-likeness (QED) is 0.733. The summed E-state index contributed by atoms with van der Waals surface area (Å²) in [7, 11) is 0. The monoisotopic (exact) mass is 280 g/mol. The van der Waals surface area contributed by atoms with Gasteiger partial charge in [0, 0.05) is 12.1 Å². The maximum Gasteiger partial charge on any atom is 0.124 e. The summed E-state index contributed by atoms with van der Waals surface area (Å²) in [4.78, 5) is 4.32. The van der Waals surface area contributed by atoms with Crippen LogP contribution in [0.25, 0.3) is 11.0 Å². The molecule has 0 radical (unpaired) electrons. The Morgan fingerprint density at radius 3 is 2.90 bits per heavy atom. The Hall–Kier alpha value is -2.64. The third-order valence-electron chi connectivity index (χ3n) is 3.15. The fraction of sp³-hybridized carbons (Fsp3) is 0.118. The Bertz CT molecular complexity index is 843. The number of imidazole rings is 1. The molecule has 0 unspecified atom stereocenters. The average Bonchev–Trinajstić information content (AvgIpc) is 2.88. The molecule has 0 saturated heterocycles. The molecule has 3 nitrogen and oxygen atoms in total.